The summed E-state index contributed by atoms with van der Waals surface area (Å²) in [6.07, 6.45) is 1.83. The lowest BCUT2D eigenvalue weighted by Crippen LogP contribution is -2.42. The number of fused-ring (bicyclic) bond motifs is 1. The number of aliphatic hydroxyl groups is 1. The standard InChI is InChI=1S/C26H24ClN7O4/c1-15-12-33(24-11-22(31-32-28)23(14-35)38-24)26(37)34(25(15)36)13-16-3-2-4-18(9-16)30-20-7-8-29-21-10-17(27)5-6-19(20)21/h2-10,12,22-24,35H,11,13-14H2,1H3,(H,29,30)/t22-,23-,24+/m0/s1. The third-order valence-corrected chi connectivity index (χ3v) is 6.75. The van der Waals surface area contributed by atoms with Crippen LogP contribution >= 0.6 is 11.6 Å². The number of aromatic nitrogens is 3. The monoisotopic (exact) mass is 533 g/mol. The van der Waals surface area contributed by atoms with Crippen LogP contribution in [0.1, 0.15) is 23.8 Å². The van der Waals surface area contributed by atoms with Crippen molar-refractivity contribution in [1.82, 2.24) is 14.1 Å². The molecular weight excluding hydrogens is 510 g/mol. The summed E-state index contributed by atoms with van der Waals surface area (Å²) in [6.45, 7) is 1.31. The molecule has 11 nitrogen and oxygen atoms in total. The van der Waals surface area contributed by atoms with E-state index in [0.717, 1.165) is 32.4 Å². The maximum absolute atomic E-state index is 13.4. The van der Waals surface area contributed by atoms with Gasteiger partial charge in [0.2, 0.25) is 0 Å². The van der Waals surface area contributed by atoms with Gasteiger partial charge < -0.3 is 15.2 Å². The Morgan fingerprint density at radius 1 is 1.26 bits per heavy atom. The number of hydrogen-bond donors (Lipinski definition) is 2. The first kappa shape index (κ1) is 25.5. The zero-order valence-electron chi connectivity index (χ0n) is 20.4. The molecule has 1 saturated heterocycles. The Morgan fingerprint density at radius 3 is 2.89 bits per heavy atom. The van der Waals surface area contributed by atoms with Crippen molar-refractivity contribution in [2.75, 3.05) is 11.9 Å². The summed E-state index contributed by atoms with van der Waals surface area (Å²) in [5.74, 6) is 0. The molecule has 0 amide bonds. The second-order valence-electron chi connectivity index (χ2n) is 9.06. The molecule has 0 saturated carbocycles. The van der Waals surface area contributed by atoms with E-state index in [1.54, 1.807) is 25.3 Å². The van der Waals surface area contributed by atoms with Gasteiger partial charge >= 0.3 is 5.69 Å². The molecule has 2 N–H and O–H groups in total. The molecule has 2 aromatic heterocycles. The van der Waals surface area contributed by atoms with E-state index in [9.17, 15) is 14.7 Å². The number of ether oxygens (including phenoxy) is 1. The number of aryl methyl sites for hydroxylation is 1. The van der Waals surface area contributed by atoms with Crippen molar-refractivity contribution in [3.63, 3.8) is 0 Å². The first-order valence-electron chi connectivity index (χ1n) is 11.9. The number of benzene rings is 2. The second kappa shape index (κ2) is 10.7. The van der Waals surface area contributed by atoms with Crippen LogP contribution in [0.3, 0.4) is 0 Å². The van der Waals surface area contributed by atoms with Crippen LogP contribution in [0.15, 0.2) is 75.6 Å². The van der Waals surface area contributed by atoms with Gasteiger partial charge in [-0.2, -0.15) is 0 Å². The van der Waals surface area contributed by atoms with Crippen LogP contribution < -0.4 is 16.6 Å². The minimum absolute atomic E-state index is 0.0392. The summed E-state index contributed by atoms with van der Waals surface area (Å²) in [4.78, 5) is 33.5. The molecule has 12 heteroatoms. The number of pyridine rings is 1. The first-order valence-corrected chi connectivity index (χ1v) is 12.3. The van der Waals surface area contributed by atoms with Crippen LogP contribution in [0.5, 0.6) is 0 Å². The van der Waals surface area contributed by atoms with Gasteiger partial charge in [-0.1, -0.05) is 28.8 Å². The van der Waals surface area contributed by atoms with Crippen LogP contribution in [0.2, 0.25) is 5.02 Å². The summed E-state index contributed by atoms with van der Waals surface area (Å²) < 4.78 is 8.25. The van der Waals surface area contributed by atoms with Gasteiger partial charge in [0.05, 0.1) is 30.8 Å². The van der Waals surface area contributed by atoms with Gasteiger partial charge in [0, 0.05) is 51.1 Å². The quantitative estimate of drug-likeness (QED) is 0.206. The fraction of sp³-hybridized carbons (Fsp3) is 0.269. The van der Waals surface area contributed by atoms with Crippen molar-refractivity contribution in [3.8, 4) is 0 Å². The molecule has 2 aromatic carbocycles. The van der Waals surface area contributed by atoms with Crippen molar-refractivity contribution in [1.29, 1.82) is 0 Å². The second-order valence-corrected chi connectivity index (χ2v) is 9.49. The van der Waals surface area contributed by atoms with E-state index in [1.165, 1.54) is 10.8 Å². The summed E-state index contributed by atoms with van der Waals surface area (Å²) >= 11 is 6.10. The van der Waals surface area contributed by atoms with Gasteiger partial charge in [0.25, 0.3) is 5.56 Å². The van der Waals surface area contributed by atoms with E-state index in [4.69, 9.17) is 21.9 Å². The van der Waals surface area contributed by atoms with Crippen LogP contribution in [-0.4, -0.2) is 38.0 Å². The van der Waals surface area contributed by atoms with Gasteiger partial charge in [0.15, 0.2) is 0 Å². The van der Waals surface area contributed by atoms with E-state index in [2.05, 4.69) is 20.3 Å². The highest BCUT2D eigenvalue weighted by molar-refractivity contribution is 6.31. The maximum atomic E-state index is 13.4. The normalized spacial score (nSPS) is 18.9. The SMILES string of the molecule is Cc1cn([C@H]2C[C@H](N=[N+]=[N-])[C@H](CO)O2)c(=O)n(Cc2cccc(Nc3ccnc4cc(Cl)ccc34)c2)c1=O. The largest absolute Gasteiger partial charge is 0.394 e. The Labute approximate surface area is 221 Å². The van der Waals surface area contributed by atoms with Gasteiger partial charge in [-0.25, -0.2) is 4.79 Å². The zero-order valence-corrected chi connectivity index (χ0v) is 21.1. The number of nitrogens with one attached hydrogen (secondary N) is 1. The smallest absolute Gasteiger partial charge is 0.333 e. The molecule has 0 aliphatic carbocycles. The number of nitrogens with zero attached hydrogens (tertiary/aromatic N) is 6. The third-order valence-electron chi connectivity index (χ3n) is 6.51. The average Bonchev–Trinajstić information content (AvgIpc) is 3.32. The van der Waals surface area contributed by atoms with Gasteiger partial charge in [-0.15, -0.1) is 0 Å². The number of azide groups is 1. The van der Waals surface area contributed by atoms with E-state index in [1.807, 2.05) is 36.4 Å². The molecule has 194 valence electrons. The van der Waals surface area contributed by atoms with Crippen molar-refractivity contribution in [2.45, 2.75) is 38.3 Å². The Kier molecular flexibility index (Phi) is 7.17. The van der Waals surface area contributed by atoms with Crippen LogP contribution in [0.4, 0.5) is 11.4 Å². The molecule has 1 fully saturated rings. The predicted octanol–water partition coefficient (Wildman–Crippen LogP) is 4.27. The zero-order chi connectivity index (χ0) is 26.8. The summed E-state index contributed by atoms with van der Waals surface area (Å²) in [7, 11) is 0. The molecule has 3 atom stereocenters. The molecule has 3 heterocycles. The molecule has 38 heavy (non-hydrogen) atoms. The fourth-order valence-electron chi connectivity index (χ4n) is 4.66. The molecule has 0 spiro atoms. The fourth-order valence-corrected chi connectivity index (χ4v) is 4.82. The molecule has 4 aromatic rings. The summed E-state index contributed by atoms with van der Waals surface area (Å²) in [6, 6.07) is 14.2. The number of hydrogen-bond acceptors (Lipinski definition) is 7. The molecule has 0 bridgehead atoms. The first-order chi connectivity index (χ1) is 18.4. The molecule has 1 aliphatic heterocycles. The van der Waals surface area contributed by atoms with E-state index < -0.39 is 29.6 Å². The molecule has 5 rings (SSSR count). The lowest BCUT2D eigenvalue weighted by molar-refractivity contribution is -0.0277. The van der Waals surface area contributed by atoms with Gasteiger partial charge in [-0.3, -0.25) is 18.9 Å². The third kappa shape index (κ3) is 5.00. The predicted molar refractivity (Wildman–Crippen MR) is 144 cm³/mol. The topological polar surface area (TPSA) is 147 Å². The minimum atomic E-state index is -0.776. The number of halogens is 1. The lowest BCUT2D eigenvalue weighted by atomic mass is 10.1. The van der Waals surface area contributed by atoms with Crippen molar-refractivity contribution in [3.05, 3.63) is 108 Å². The van der Waals surface area contributed by atoms with E-state index in [-0.39, 0.29) is 19.6 Å². The molecule has 0 radical (unpaired) electrons. The Bertz CT molecular complexity index is 1680. The highest BCUT2D eigenvalue weighted by Gasteiger charge is 2.36. The maximum Gasteiger partial charge on any atom is 0.333 e. The Morgan fingerprint density at radius 2 is 2.11 bits per heavy atom. The van der Waals surface area contributed by atoms with E-state index >= 15 is 0 Å². The van der Waals surface area contributed by atoms with Crippen molar-refractivity contribution >= 4 is 33.9 Å². The van der Waals surface area contributed by atoms with Gasteiger partial charge in [0.1, 0.15) is 6.23 Å². The summed E-state index contributed by atoms with van der Waals surface area (Å²) in [5.41, 5.74) is 11.3. The molecule has 0 unspecified atom stereocenters. The average molecular weight is 534 g/mol. The Hall–Kier alpha value is -4.15. The molecular formula is C26H24ClN7O4. The van der Waals surface area contributed by atoms with Gasteiger partial charge in [-0.05, 0) is 54.4 Å². The van der Waals surface area contributed by atoms with E-state index in [0.29, 0.717) is 10.6 Å². The number of aliphatic hydroxyl groups excluding tert-OH is 1. The van der Waals surface area contributed by atoms with Crippen molar-refractivity contribution in [2.24, 2.45) is 5.11 Å². The molecule has 1 aliphatic rings. The summed E-state index contributed by atoms with van der Waals surface area (Å²) in [5, 5.41) is 18.1. The Balaban J connectivity index is 1.44. The van der Waals surface area contributed by atoms with Crippen LogP contribution in [-0.2, 0) is 11.3 Å². The van der Waals surface area contributed by atoms with Crippen molar-refractivity contribution < 1.29 is 9.84 Å². The highest BCUT2D eigenvalue weighted by atomic mass is 35.5. The van der Waals surface area contributed by atoms with Crippen LogP contribution in [0.25, 0.3) is 21.3 Å². The number of anilines is 2. The number of rotatable bonds is 7. The van der Waals surface area contributed by atoms with Crippen LogP contribution in [0, 0.1) is 6.92 Å². The minimum Gasteiger partial charge on any atom is -0.394 e. The highest BCUT2D eigenvalue weighted by Crippen LogP contribution is 2.30. The lowest BCUT2D eigenvalue weighted by Gasteiger charge is -2.18.